The van der Waals surface area contributed by atoms with Gasteiger partial charge < -0.3 is 15.5 Å². The smallest absolute Gasteiger partial charge is 0.317 e. The molecular weight excluding hydrogens is 376 g/mol. The summed E-state index contributed by atoms with van der Waals surface area (Å²) in [5.41, 5.74) is 0.883. The van der Waals surface area contributed by atoms with Crippen LogP contribution in [0.25, 0.3) is 0 Å². The Hall–Kier alpha value is -2.08. The van der Waals surface area contributed by atoms with Crippen molar-refractivity contribution in [3.8, 4) is 0 Å². The van der Waals surface area contributed by atoms with Crippen LogP contribution in [0.4, 0.5) is 4.79 Å². The fourth-order valence-corrected chi connectivity index (χ4v) is 4.68. The molecule has 2 unspecified atom stereocenters. The maximum Gasteiger partial charge on any atom is 0.317 e. The van der Waals surface area contributed by atoms with Gasteiger partial charge in [-0.05, 0) is 52.0 Å². The van der Waals surface area contributed by atoms with Crippen LogP contribution in [-0.4, -0.2) is 59.5 Å². The van der Waals surface area contributed by atoms with Gasteiger partial charge in [0.25, 0.3) is 0 Å². The van der Waals surface area contributed by atoms with Gasteiger partial charge in [-0.15, -0.1) is 0 Å². The fraction of sp³-hybridized carbons (Fsp3) is 0.667. The highest BCUT2D eigenvalue weighted by Gasteiger charge is 2.38. The van der Waals surface area contributed by atoms with E-state index in [1.807, 2.05) is 50.8 Å². The molecule has 1 saturated carbocycles. The molecular formula is C24H38N4O2. The average molecular weight is 415 g/mol. The Balaban J connectivity index is 1.63. The normalized spacial score (nSPS) is 20.6. The summed E-state index contributed by atoms with van der Waals surface area (Å²) in [5, 5.41) is 6.31. The van der Waals surface area contributed by atoms with Crippen LogP contribution < -0.4 is 10.6 Å². The third-order valence-electron chi connectivity index (χ3n) is 6.25. The summed E-state index contributed by atoms with van der Waals surface area (Å²) in [5.74, 6) is 0.536. The van der Waals surface area contributed by atoms with Gasteiger partial charge in [-0.1, -0.05) is 43.2 Å². The van der Waals surface area contributed by atoms with Gasteiger partial charge in [0.2, 0.25) is 5.91 Å². The Morgan fingerprint density at radius 1 is 1.00 bits per heavy atom. The molecule has 2 fully saturated rings. The lowest BCUT2D eigenvalue weighted by atomic mass is 9.94. The van der Waals surface area contributed by atoms with E-state index in [4.69, 9.17) is 0 Å². The molecule has 0 aromatic heterocycles. The van der Waals surface area contributed by atoms with Crippen LogP contribution in [0.15, 0.2) is 30.3 Å². The van der Waals surface area contributed by atoms with Crippen LogP contribution in [0.5, 0.6) is 0 Å². The van der Waals surface area contributed by atoms with Crippen molar-refractivity contribution < 1.29 is 9.59 Å². The topological polar surface area (TPSA) is 64.7 Å². The first-order valence-electron chi connectivity index (χ1n) is 11.4. The van der Waals surface area contributed by atoms with Crippen LogP contribution in [0, 0.1) is 5.92 Å². The first-order valence-corrected chi connectivity index (χ1v) is 11.4. The number of amides is 3. The van der Waals surface area contributed by atoms with E-state index < -0.39 is 0 Å². The standard InChI is InChI=1S/C24H38N4O2/c1-18(19-10-6-5-7-11-19)25-22(29)21(20-12-8-9-13-20)27-14-16-28(17-15-27)23(30)26-24(2,3)4/h5-7,10-11,18,20-21H,8-9,12-17H2,1-4H3,(H,25,29)(H,26,30). The minimum Gasteiger partial charge on any atom is -0.348 e. The fourth-order valence-electron chi connectivity index (χ4n) is 4.68. The van der Waals surface area contributed by atoms with Crippen LogP contribution in [0.3, 0.4) is 0 Å². The zero-order valence-corrected chi connectivity index (χ0v) is 19.0. The number of carbonyl (C=O) groups excluding carboxylic acids is 2. The summed E-state index contributed by atoms with van der Waals surface area (Å²) < 4.78 is 0. The molecule has 6 nitrogen and oxygen atoms in total. The molecule has 1 heterocycles. The van der Waals surface area contributed by atoms with E-state index in [9.17, 15) is 9.59 Å². The lowest BCUT2D eigenvalue weighted by Gasteiger charge is -2.41. The predicted octanol–water partition coefficient (Wildman–Crippen LogP) is 3.55. The second-order valence-corrected chi connectivity index (χ2v) is 9.83. The van der Waals surface area contributed by atoms with Crippen molar-refractivity contribution in [2.24, 2.45) is 5.92 Å². The van der Waals surface area contributed by atoms with Gasteiger partial charge in [0.05, 0.1) is 12.1 Å². The zero-order valence-electron chi connectivity index (χ0n) is 19.0. The number of benzene rings is 1. The minimum atomic E-state index is -0.242. The predicted molar refractivity (Wildman–Crippen MR) is 120 cm³/mol. The van der Waals surface area contributed by atoms with Crippen molar-refractivity contribution in [3.05, 3.63) is 35.9 Å². The number of hydrogen-bond acceptors (Lipinski definition) is 3. The van der Waals surface area contributed by atoms with Crippen LogP contribution >= 0.6 is 0 Å². The third kappa shape index (κ3) is 5.97. The quantitative estimate of drug-likeness (QED) is 0.774. The molecule has 0 bridgehead atoms. The van der Waals surface area contributed by atoms with E-state index in [2.05, 4.69) is 27.7 Å². The van der Waals surface area contributed by atoms with Crippen molar-refractivity contribution in [2.45, 2.75) is 71.0 Å². The number of carbonyl (C=O) groups is 2. The second-order valence-electron chi connectivity index (χ2n) is 9.83. The number of nitrogens with zero attached hydrogens (tertiary/aromatic N) is 2. The molecule has 166 valence electrons. The minimum absolute atomic E-state index is 0.0123. The van der Waals surface area contributed by atoms with Crippen LogP contribution in [-0.2, 0) is 4.79 Å². The van der Waals surface area contributed by atoms with Crippen molar-refractivity contribution in [1.29, 1.82) is 0 Å². The molecule has 2 N–H and O–H groups in total. The molecule has 2 aliphatic rings. The lowest BCUT2D eigenvalue weighted by molar-refractivity contribution is -0.129. The van der Waals surface area contributed by atoms with Gasteiger partial charge in [0.1, 0.15) is 0 Å². The van der Waals surface area contributed by atoms with Crippen molar-refractivity contribution in [2.75, 3.05) is 26.2 Å². The maximum atomic E-state index is 13.4. The second kappa shape index (κ2) is 9.82. The first-order chi connectivity index (χ1) is 14.2. The van der Waals surface area contributed by atoms with Gasteiger partial charge in [-0.25, -0.2) is 4.79 Å². The Morgan fingerprint density at radius 2 is 1.60 bits per heavy atom. The summed E-state index contributed by atoms with van der Waals surface area (Å²) >= 11 is 0. The summed E-state index contributed by atoms with van der Waals surface area (Å²) in [6, 6.07) is 10.00. The first kappa shape index (κ1) is 22.6. The Morgan fingerprint density at radius 3 is 2.17 bits per heavy atom. The van der Waals surface area contributed by atoms with Gasteiger partial charge in [-0.2, -0.15) is 0 Å². The van der Waals surface area contributed by atoms with E-state index in [0.29, 0.717) is 19.0 Å². The SMILES string of the molecule is CC(NC(=O)C(C1CCCC1)N1CCN(C(=O)NC(C)(C)C)CC1)c1ccccc1. The molecule has 1 aromatic rings. The molecule has 1 aliphatic carbocycles. The van der Waals surface area contributed by atoms with Gasteiger partial charge in [0, 0.05) is 31.7 Å². The molecule has 3 amide bonds. The Bertz CT molecular complexity index is 702. The molecule has 0 radical (unpaired) electrons. The monoisotopic (exact) mass is 414 g/mol. The van der Waals surface area contributed by atoms with Gasteiger partial charge in [0.15, 0.2) is 0 Å². The van der Waals surface area contributed by atoms with Crippen molar-refractivity contribution in [3.63, 3.8) is 0 Å². The van der Waals surface area contributed by atoms with Gasteiger partial charge in [-0.3, -0.25) is 9.69 Å². The highest BCUT2D eigenvalue weighted by atomic mass is 16.2. The Labute approximate surface area is 181 Å². The van der Waals surface area contributed by atoms with E-state index in [-0.39, 0.29) is 29.6 Å². The molecule has 1 aromatic carbocycles. The molecule has 30 heavy (non-hydrogen) atoms. The number of piperazine rings is 1. The number of rotatable bonds is 5. The van der Waals surface area contributed by atoms with Crippen LogP contribution in [0.2, 0.25) is 0 Å². The van der Waals surface area contributed by atoms with Gasteiger partial charge >= 0.3 is 6.03 Å². The molecule has 1 aliphatic heterocycles. The Kier molecular flexibility index (Phi) is 7.40. The van der Waals surface area contributed by atoms with Crippen molar-refractivity contribution >= 4 is 11.9 Å². The molecule has 0 spiro atoms. The summed E-state index contributed by atoms with van der Waals surface area (Å²) in [6.07, 6.45) is 4.64. The highest BCUT2D eigenvalue weighted by Crippen LogP contribution is 2.31. The summed E-state index contributed by atoms with van der Waals surface area (Å²) in [7, 11) is 0. The number of urea groups is 1. The lowest BCUT2D eigenvalue weighted by Crippen LogP contribution is -2.60. The maximum absolute atomic E-state index is 13.4. The molecule has 3 rings (SSSR count). The summed E-state index contributed by atoms with van der Waals surface area (Å²) in [4.78, 5) is 30.1. The summed E-state index contributed by atoms with van der Waals surface area (Å²) in [6.45, 7) is 10.8. The highest BCUT2D eigenvalue weighted by molar-refractivity contribution is 5.82. The molecule has 6 heteroatoms. The van der Waals surface area contributed by atoms with E-state index in [0.717, 1.165) is 31.5 Å². The van der Waals surface area contributed by atoms with E-state index in [1.165, 1.54) is 12.8 Å². The number of hydrogen-bond donors (Lipinski definition) is 2. The van der Waals surface area contributed by atoms with Crippen LogP contribution in [0.1, 0.15) is 65.0 Å². The van der Waals surface area contributed by atoms with E-state index in [1.54, 1.807) is 0 Å². The molecule has 2 atom stereocenters. The number of nitrogens with one attached hydrogen (secondary N) is 2. The van der Waals surface area contributed by atoms with Crippen molar-refractivity contribution in [1.82, 2.24) is 20.4 Å². The average Bonchev–Trinajstić information content (AvgIpc) is 3.22. The molecule has 1 saturated heterocycles. The zero-order chi connectivity index (χ0) is 21.7. The third-order valence-corrected chi connectivity index (χ3v) is 6.25. The van der Waals surface area contributed by atoms with E-state index >= 15 is 0 Å². The largest absolute Gasteiger partial charge is 0.348 e.